The van der Waals surface area contributed by atoms with Gasteiger partial charge >= 0.3 is 5.97 Å². The second kappa shape index (κ2) is 8.59. The Balaban J connectivity index is 2.40. The van der Waals surface area contributed by atoms with Crippen molar-refractivity contribution >= 4 is 5.97 Å². The number of rotatable bonds is 9. The van der Waals surface area contributed by atoms with E-state index in [0.717, 1.165) is 19.4 Å². The summed E-state index contributed by atoms with van der Waals surface area (Å²) in [6, 6.07) is 6.47. The first-order valence-corrected chi connectivity index (χ1v) is 7.12. The molecule has 0 heterocycles. The van der Waals surface area contributed by atoms with E-state index < -0.39 is 5.97 Å². The second-order valence-electron chi connectivity index (χ2n) is 5.06. The number of hydrogen-bond donors (Lipinski definition) is 1. The summed E-state index contributed by atoms with van der Waals surface area (Å²) in [6.45, 7) is 7.69. The van der Waals surface area contributed by atoms with Crippen LogP contribution in [0.25, 0.3) is 0 Å². The van der Waals surface area contributed by atoms with Crippen LogP contribution in [0.2, 0.25) is 0 Å². The largest absolute Gasteiger partial charge is 0.490 e. The normalized spacial score (nSPS) is 13.8. The topological polar surface area (TPSA) is 55.8 Å². The fraction of sp³-hybridized carbons (Fsp3) is 0.562. The van der Waals surface area contributed by atoms with Gasteiger partial charge in [-0.3, -0.25) is 0 Å². The Morgan fingerprint density at radius 3 is 2.45 bits per heavy atom. The molecular formula is C16H24O4. The molecule has 0 aliphatic rings. The van der Waals surface area contributed by atoms with Crippen molar-refractivity contribution in [1.29, 1.82) is 0 Å². The average molecular weight is 280 g/mol. The van der Waals surface area contributed by atoms with E-state index in [4.69, 9.17) is 14.6 Å². The molecule has 0 aliphatic heterocycles. The van der Waals surface area contributed by atoms with Gasteiger partial charge in [-0.05, 0) is 37.6 Å². The van der Waals surface area contributed by atoms with Gasteiger partial charge in [0.15, 0.2) is 0 Å². The number of carboxylic acid groups (broad SMARTS) is 1. The summed E-state index contributed by atoms with van der Waals surface area (Å²) in [5.41, 5.74) is 0.265. The Morgan fingerprint density at radius 1 is 1.25 bits per heavy atom. The van der Waals surface area contributed by atoms with Crippen LogP contribution >= 0.6 is 0 Å². The fourth-order valence-electron chi connectivity index (χ4n) is 1.66. The molecular weight excluding hydrogens is 256 g/mol. The third kappa shape index (κ3) is 5.61. The summed E-state index contributed by atoms with van der Waals surface area (Å²) in [5, 5.41) is 8.83. The van der Waals surface area contributed by atoms with Crippen LogP contribution in [0.5, 0.6) is 5.75 Å². The molecule has 0 saturated carbocycles. The standard InChI is InChI=1S/C16H24O4/c1-4-5-10-19-11-12(2)13(3)20-15-8-6-14(7-9-15)16(17)18/h6-9,12-13H,4-5,10-11H2,1-3H3,(H,17,18)/t12-,13+/m0/s1. The highest BCUT2D eigenvalue weighted by atomic mass is 16.5. The van der Waals surface area contributed by atoms with Gasteiger partial charge in [-0.1, -0.05) is 20.3 Å². The van der Waals surface area contributed by atoms with Gasteiger partial charge in [0.05, 0.1) is 12.2 Å². The molecule has 0 amide bonds. The lowest BCUT2D eigenvalue weighted by Gasteiger charge is -2.21. The Bertz CT molecular complexity index is 399. The quantitative estimate of drug-likeness (QED) is 0.702. The summed E-state index contributed by atoms with van der Waals surface area (Å²) in [6.07, 6.45) is 2.24. The number of carbonyl (C=O) groups is 1. The molecule has 0 aromatic heterocycles. The van der Waals surface area contributed by atoms with E-state index in [2.05, 4.69) is 13.8 Å². The molecule has 4 nitrogen and oxygen atoms in total. The lowest BCUT2D eigenvalue weighted by Crippen LogP contribution is -2.25. The van der Waals surface area contributed by atoms with Gasteiger partial charge in [0.1, 0.15) is 11.9 Å². The zero-order valence-corrected chi connectivity index (χ0v) is 12.5. The first-order chi connectivity index (χ1) is 9.54. The maximum Gasteiger partial charge on any atom is 0.335 e. The zero-order chi connectivity index (χ0) is 15.0. The third-order valence-electron chi connectivity index (χ3n) is 3.25. The van der Waals surface area contributed by atoms with E-state index in [1.54, 1.807) is 24.3 Å². The highest BCUT2D eigenvalue weighted by Gasteiger charge is 2.14. The van der Waals surface area contributed by atoms with Crippen LogP contribution in [-0.4, -0.2) is 30.4 Å². The lowest BCUT2D eigenvalue weighted by atomic mass is 10.1. The summed E-state index contributed by atoms with van der Waals surface area (Å²) >= 11 is 0. The Kier molecular flexibility index (Phi) is 7.09. The van der Waals surface area contributed by atoms with Gasteiger partial charge in [-0.2, -0.15) is 0 Å². The molecule has 0 saturated heterocycles. The van der Waals surface area contributed by atoms with Gasteiger partial charge in [0, 0.05) is 12.5 Å². The molecule has 1 N–H and O–H groups in total. The second-order valence-corrected chi connectivity index (χ2v) is 5.06. The highest BCUT2D eigenvalue weighted by molar-refractivity contribution is 5.87. The molecule has 1 aromatic carbocycles. The Labute approximate surface area is 120 Å². The summed E-state index contributed by atoms with van der Waals surface area (Å²) in [4.78, 5) is 10.8. The summed E-state index contributed by atoms with van der Waals surface area (Å²) < 4.78 is 11.4. The van der Waals surface area contributed by atoms with Crippen molar-refractivity contribution in [1.82, 2.24) is 0 Å². The minimum atomic E-state index is -0.928. The molecule has 20 heavy (non-hydrogen) atoms. The molecule has 4 heteroatoms. The highest BCUT2D eigenvalue weighted by Crippen LogP contribution is 2.17. The number of hydrogen-bond acceptors (Lipinski definition) is 3. The van der Waals surface area contributed by atoms with Crippen molar-refractivity contribution < 1.29 is 19.4 Å². The van der Waals surface area contributed by atoms with E-state index in [1.165, 1.54) is 0 Å². The lowest BCUT2D eigenvalue weighted by molar-refractivity contribution is 0.0535. The molecule has 2 atom stereocenters. The maximum absolute atomic E-state index is 10.8. The van der Waals surface area contributed by atoms with Crippen LogP contribution in [0.1, 0.15) is 44.0 Å². The minimum absolute atomic E-state index is 0.0207. The predicted octanol–water partition coefficient (Wildman–Crippen LogP) is 3.60. The van der Waals surface area contributed by atoms with Crippen molar-refractivity contribution in [2.45, 2.75) is 39.7 Å². The zero-order valence-electron chi connectivity index (χ0n) is 12.5. The third-order valence-corrected chi connectivity index (χ3v) is 3.25. The van der Waals surface area contributed by atoms with Gasteiger partial charge in [-0.25, -0.2) is 4.79 Å². The Morgan fingerprint density at radius 2 is 1.90 bits per heavy atom. The monoisotopic (exact) mass is 280 g/mol. The van der Waals surface area contributed by atoms with Crippen LogP contribution in [0.3, 0.4) is 0 Å². The number of aromatic carboxylic acids is 1. The minimum Gasteiger partial charge on any atom is -0.490 e. The van der Waals surface area contributed by atoms with Crippen LogP contribution in [0, 0.1) is 5.92 Å². The number of benzene rings is 1. The number of carboxylic acids is 1. The smallest absolute Gasteiger partial charge is 0.335 e. The van der Waals surface area contributed by atoms with E-state index in [0.29, 0.717) is 12.4 Å². The first kappa shape index (κ1) is 16.5. The van der Waals surface area contributed by atoms with Crippen LogP contribution in [0.15, 0.2) is 24.3 Å². The van der Waals surface area contributed by atoms with Gasteiger partial charge in [0.2, 0.25) is 0 Å². The van der Waals surface area contributed by atoms with Gasteiger partial charge in [-0.15, -0.1) is 0 Å². The van der Waals surface area contributed by atoms with Crippen molar-refractivity contribution in [3.8, 4) is 5.75 Å². The molecule has 1 aromatic rings. The van der Waals surface area contributed by atoms with Crippen LogP contribution in [-0.2, 0) is 4.74 Å². The van der Waals surface area contributed by atoms with Crippen LogP contribution in [0.4, 0.5) is 0 Å². The molecule has 0 spiro atoms. The van der Waals surface area contributed by atoms with E-state index in [-0.39, 0.29) is 17.6 Å². The van der Waals surface area contributed by atoms with Crippen molar-refractivity contribution in [3.05, 3.63) is 29.8 Å². The van der Waals surface area contributed by atoms with Gasteiger partial charge in [0.25, 0.3) is 0 Å². The fourth-order valence-corrected chi connectivity index (χ4v) is 1.66. The molecule has 0 unspecified atom stereocenters. The van der Waals surface area contributed by atoms with Crippen molar-refractivity contribution in [2.75, 3.05) is 13.2 Å². The average Bonchev–Trinajstić information content (AvgIpc) is 2.44. The van der Waals surface area contributed by atoms with Crippen molar-refractivity contribution in [3.63, 3.8) is 0 Å². The first-order valence-electron chi connectivity index (χ1n) is 7.12. The Hall–Kier alpha value is -1.55. The van der Waals surface area contributed by atoms with Crippen molar-refractivity contribution in [2.24, 2.45) is 5.92 Å². The van der Waals surface area contributed by atoms with Gasteiger partial charge < -0.3 is 14.6 Å². The van der Waals surface area contributed by atoms with E-state index in [1.807, 2.05) is 6.92 Å². The van der Waals surface area contributed by atoms with E-state index >= 15 is 0 Å². The molecule has 0 aliphatic carbocycles. The molecule has 1 rings (SSSR count). The summed E-state index contributed by atoms with van der Waals surface area (Å²) in [5.74, 6) is 0.0382. The molecule has 0 fully saturated rings. The predicted molar refractivity (Wildman–Crippen MR) is 78.4 cm³/mol. The number of unbranched alkanes of at least 4 members (excludes halogenated alkanes) is 1. The summed E-state index contributed by atoms with van der Waals surface area (Å²) in [7, 11) is 0. The van der Waals surface area contributed by atoms with E-state index in [9.17, 15) is 4.79 Å². The van der Waals surface area contributed by atoms with Crippen LogP contribution < -0.4 is 4.74 Å². The maximum atomic E-state index is 10.8. The number of ether oxygens (including phenoxy) is 2. The molecule has 112 valence electrons. The SMILES string of the molecule is CCCCOC[C@H](C)[C@@H](C)Oc1ccc(C(=O)O)cc1. The molecule has 0 bridgehead atoms. The molecule has 0 radical (unpaired) electrons.